The van der Waals surface area contributed by atoms with Crippen LogP contribution in [0, 0.1) is 0 Å². The Morgan fingerprint density at radius 1 is 1.42 bits per heavy atom. The molecule has 1 fully saturated rings. The number of amides is 3. The molecule has 5 nitrogen and oxygen atoms in total. The van der Waals surface area contributed by atoms with Gasteiger partial charge in [0.25, 0.3) is 5.91 Å². The Kier molecular flexibility index (Phi) is 2.06. The summed E-state index contributed by atoms with van der Waals surface area (Å²) in [4.78, 5) is 21.8. The van der Waals surface area contributed by atoms with Crippen molar-refractivity contribution in [3.05, 3.63) is 0 Å². The van der Waals surface area contributed by atoms with Crippen LogP contribution in [0.5, 0.6) is 0 Å². The summed E-state index contributed by atoms with van der Waals surface area (Å²) >= 11 is 0. The lowest BCUT2D eigenvalue weighted by Crippen LogP contribution is -2.49. The maximum absolute atomic E-state index is 11.1. The summed E-state index contributed by atoms with van der Waals surface area (Å²) in [5.41, 5.74) is -0.670. The molecule has 1 aliphatic rings. The molecule has 0 radical (unpaired) electrons. The van der Waals surface area contributed by atoms with Crippen molar-refractivity contribution in [1.82, 2.24) is 10.6 Å². The lowest BCUT2D eigenvalue weighted by molar-refractivity contribution is -0.126. The van der Waals surface area contributed by atoms with E-state index in [2.05, 4.69) is 10.6 Å². The second-order valence-corrected chi connectivity index (χ2v) is 3.20. The van der Waals surface area contributed by atoms with Gasteiger partial charge < -0.3 is 10.1 Å². The number of nitrogens with one attached hydrogen (secondary N) is 2. The third-order valence-electron chi connectivity index (χ3n) is 2.00. The number of carbonyl (C=O) groups is 2. The molecule has 1 unspecified atom stereocenters. The number of methoxy groups -OCH3 is 1. The Morgan fingerprint density at radius 3 is 2.33 bits per heavy atom. The summed E-state index contributed by atoms with van der Waals surface area (Å²) in [5.74, 6) is -0.341. The monoisotopic (exact) mass is 172 g/mol. The second kappa shape index (κ2) is 2.75. The first-order chi connectivity index (χ1) is 5.47. The zero-order valence-corrected chi connectivity index (χ0v) is 7.30. The molecule has 1 atom stereocenters. The molecule has 2 N–H and O–H groups in total. The van der Waals surface area contributed by atoms with E-state index in [0.29, 0.717) is 0 Å². The van der Waals surface area contributed by atoms with Gasteiger partial charge in [-0.1, -0.05) is 0 Å². The van der Waals surface area contributed by atoms with Crippen LogP contribution in [0.4, 0.5) is 4.79 Å². The Balaban J connectivity index is 2.76. The van der Waals surface area contributed by atoms with Gasteiger partial charge in [0, 0.05) is 7.11 Å². The molecule has 1 rings (SSSR count). The van der Waals surface area contributed by atoms with E-state index in [-0.39, 0.29) is 5.91 Å². The van der Waals surface area contributed by atoms with Crippen molar-refractivity contribution in [2.24, 2.45) is 0 Å². The summed E-state index contributed by atoms with van der Waals surface area (Å²) in [6.07, 6.45) is 0. The first-order valence-corrected chi connectivity index (χ1v) is 3.64. The number of urea groups is 1. The quantitative estimate of drug-likeness (QED) is 0.558. The van der Waals surface area contributed by atoms with Crippen LogP contribution in [-0.4, -0.2) is 30.7 Å². The van der Waals surface area contributed by atoms with Crippen LogP contribution in [0.15, 0.2) is 0 Å². The minimum Gasteiger partial charge on any atom is -0.376 e. The van der Waals surface area contributed by atoms with E-state index in [9.17, 15) is 9.59 Å². The highest BCUT2D eigenvalue weighted by Gasteiger charge is 2.41. The molecule has 12 heavy (non-hydrogen) atoms. The SMILES string of the molecule is COC(C)(C)C1NC(=O)NC1=O. The van der Waals surface area contributed by atoms with Crippen LogP contribution in [-0.2, 0) is 9.53 Å². The van der Waals surface area contributed by atoms with Crippen molar-refractivity contribution in [2.45, 2.75) is 25.5 Å². The Morgan fingerprint density at radius 2 is 2.00 bits per heavy atom. The summed E-state index contributed by atoms with van der Waals surface area (Å²) < 4.78 is 5.06. The van der Waals surface area contributed by atoms with E-state index in [1.807, 2.05) is 0 Å². The molecule has 0 saturated carbocycles. The Bertz CT molecular complexity index is 225. The van der Waals surface area contributed by atoms with Crippen molar-refractivity contribution in [1.29, 1.82) is 0 Å². The Hall–Kier alpha value is -1.10. The van der Waals surface area contributed by atoms with Gasteiger partial charge >= 0.3 is 6.03 Å². The molecule has 5 heteroatoms. The Labute approximate surface area is 70.5 Å². The number of imide groups is 1. The molecule has 0 aromatic rings. The standard InChI is InChI=1S/C7H12N2O3/c1-7(2,12-3)4-5(10)9-6(11)8-4/h4H,1-3H3,(H2,8,9,10,11). The summed E-state index contributed by atoms with van der Waals surface area (Å²) in [6, 6.07) is -1.06. The van der Waals surface area contributed by atoms with E-state index in [0.717, 1.165) is 0 Å². The van der Waals surface area contributed by atoms with Gasteiger partial charge in [0.2, 0.25) is 0 Å². The van der Waals surface area contributed by atoms with Crippen LogP contribution in [0.1, 0.15) is 13.8 Å². The van der Waals surface area contributed by atoms with Crippen molar-refractivity contribution in [3.8, 4) is 0 Å². The number of rotatable bonds is 2. The minimum atomic E-state index is -0.670. The van der Waals surface area contributed by atoms with Crippen LogP contribution >= 0.6 is 0 Å². The molecular formula is C7H12N2O3. The van der Waals surface area contributed by atoms with Crippen molar-refractivity contribution >= 4 is 11.9 Å². The number of carbonyl (C=O) groups excluding carboxylic acids is 2. The molecular weight excluding hydrogens is 160 g/mol. The maximum Gasteiger partial charge on any atom is 0.322 e. The highest BCUT2D eigenvalue weighted by molar-refractivity contribution is 6.04. The summed E-state index contributed by atoms with van der Waals surface area (Å²) in [7, 11) is 1.50. The van der Waals surface area contributed by atoms with Gasteiger partial charge in [-0.15, -0.1) is 0 Å². The molecule has 0 aromatic heterocycles. The lowest BCUT2D eigenvalue weighted by atomic mass is 9.99. The normalized spacial score (nSPS) is 23.8. The van der Waals surface area contributed by atoms with Gasteiger partial charge in [0.05, 0.1) is 5.60 Å². The largest absolute Gasteiger partial charge is 0.376 e. The van der Waals surface area contributed by atoms with Gasteiger partial charge in [-0.05, 0) is 13.8 Å². The maximum atomic E-state index is 11.1. The van der Waals surface area contributed by atoms with Crippen molar-refractivity contribution < 1.29 is 14.3 Å². The smallest absolute Gasteiger partial charge is 0.322 e. The summed E-state index contributed by atoms with van der Waals surface area (Å²) in [5, 5.41) is 4.61. The predicted molar refractivity (Wildman–Crippen MR) is 41.6 cm³/mol. The topological polar surface area (TPSA) is 67.4 Å². The molecule has 3 amide bonds. The van der Waals surface area contributed by atoms with Crippen LogP contribution in [0.3, 0.4) is 0 Å². The summed E-state index contributed by atoms with van der Waals surface area (Å²) in [6.45, 7) is 3.48. The van der Waals surface area contributed by atoms with Crippen LogP contribution in [0.25, 0.3) is 0 Å². The van der Waals surface area contributed by atoms with Crippen molar-refractivity contribution in [3.63, 3.8) is 0 Å². The molecule has 0 aromatic carbocycles. The van der Waals surface area contributed by atoms with Gasteiger partial charge in [-0.25, -0.2) is 4.79 Å². The molecule has 0 spiro atoms. The third kappa shape index (κ3) is 1.40. The van der Waals surface area contributed by atoms with E-state index >= 15 is 0 Å². The van der Waals surface area contributed by atoms with E-state index in [1.54, 1.807) is 13.8 Å². The molecule has 1 aliphatic heterocycles. The first-order valence-electron chi connectivity index (χ1n) is 3.64. The zero-order chi connectivity index (χ0) is 9.35. The van der Waals surface area contributed by atoms with Crippen molar-refractivity contribution in [2.75, 3.05) is 7.11 Å². The average Bonchev–Trinajstić information content (AvgIpc) is 2.31. The molecule has 68 valence electrons. The highest BCUT2D eigenvalue weighted by atomic mass is 16.5. The average molecular weight is 172 g/mol. The molecule has 1 saturated heterocycles. The van der Waals surface area contributed by atoms with Gasteiger partial charge in [-0.2, -0.15) is 0 Å². The predicted octanol–water partition coefficient (Wildman–Crippen LogP) is -0.381. The van der Waals surface area contributed by atoms with E-state index in [1.165, 1.54) is 7.11 Å². The highest BCUT2D eigenvalue weighted by Crippen LogP contribution is 2.15. The first kappa shape index (κ1) is 8.99. The second-order valence-electron chi connectivity index (χ2n) is 3.20. The van der Waals surface area contributed by atoms with Crippen LogP contribution in [0.2, 0.25) is 0 Å². The molecule has 1 heterocycles. The minimum absolute atomic E-state index is 0.341. The number of ether oxygens (including phenoxy) is 1. The lowest BCUT2D eigenvalue weighted by Gasteiger charge is -2.27. The number of hydrogen-bond donors (Lipinski definition) is 2. The molecule has 0 aliphatic carbocycles. The third-order valence-corrected chi connectivity index (χ3v) is 2.00. The molecule has 0 bridgehead atoms. The number of hydrogen-bond acceptors (Lipinski definition) is 3. The zero-order valence-electron chi connectivity index (χ0n) is 7.30. The van der Waals surface area contributed by atoms with Crippen LogP contribution < -0.4 is 10.6 Å². The van der Waals surface area contributed by atoms with Gasteiger partial charge in [-0.3, -0.25) is 10.1 Å². The fraction of sp³-hybridized carbons (Fsp3) is 0.714. The fourth-order valence-electron chi connectivity index (χ4n) is 1.02. The van der Waals surface area contributed by atoms with Gasteiger partial charge in [0.15, 0.2) is 0 Å². The fourth-order valence-corrected chi connectivity index (χ4v) is 1.02. The van der Waals surface area contributed by atoms with Gasteiger partial charge in [0.1, 0.15) is 6.04 Å². The van der Waals surface area contributed by atoms with E-state index < -0.39 is 17.7 Å². The van der Waals surface area contributed by atoms with E-state index in [4.69, 9.17) is 4.74 Å².